The van der Waals surface area contributed by atoms with Crippen molar-refractivity contribution in [3.05, 3.63) is 65.2 Å². The molecule has 5 heteroatoms. The van der Waals surface area contributed by atoms with Gasteiger partial charge in [-0.25, -0.2) is 0 Å². The van der Waals surface area contributed by atoms with E-state index in [-0.39, 0.29) is 17.4 Å². The summed E-state index contributed by atoms with van der Waals surface area (Å²) < 4.78 is 0. The molecule has 2 aromatic carbocycles. The fourth-order valence-electron chi connectivity index (χ4n) is 2.43. The van der Waals surface area contributed by atoms with Crippen molar-refractivity contribution < 1.29 is 15.0 Å². The number of amides is 1. The van der Waals surface area contributed by atoms with Crippen molar-refractivity contribution in [3.8, 4) is 5.75 Å². The van der Waals surface area contributed by atoms with E-state index >= 15 is 0 Å². The molecule has 5 N–H and O–H groups in total. The molecule has 0 saturated carbocycles. The lowest BCUT2D eigenvalue weighted by atomic mass is 10.0. The summed E-state index contributed by atoms with van der Waals surface area (Å²) in [6.07, 6.45) is 0.0716. The van der Waals surface area contributed by atoms with Crippen LogP contribution in [0.3, 0.4) is 0 Å². The van der Waals surface area contributed by atoms with Crippen LogP contribution >= 0.6 is 0 Å². The fourth-order valence-corrected chi connectivity index (χ4v) is 2.43. The number of benzene rings is 2. The number of aromatic hydroxyl groups is 1. The van der Waals surface area contributed by atoms with E-state index in [1.807, 2.05) is 25.1 Å². The lowest BCUT2D eigenvalue weighted by Crippen LogP contribution is -2.32. The standard InChI is InChI=1S/C18H22N2O3/c1-12(9-13-5-3-2-4-6-13)20-11-17(22)14-7-8-16(21)15(10-14)18(19)23/h2-8,10,12,17,20-22H,9,11H2,1H3,(H2,19,23). The predicted octanol–water partition coefficient (Wildman–Crippen LogP) is 1.75. The van der Waals surface area contributed by atoms with Crippen LogP contribution in [0.15, 0.2) is 48.5 Å². The number of primary amides is 1. The molecule has 0 fully saturated rings. The van der Waals surface area contributed by atoms with Crippen LogP contribution in [-0.2, 0) is 6.42 Å². The number of carbonyl (C=O) groups is 1. The van der Waals surface area contributed by atoms with E-state index in [9.17, 15) is 15.0 Å². The minimum Gasteiger partial charge on any atom is -0.507 e. The Morgan fingerprint density at radius 2 is 1.91 bits per heavy atom. The van der Waals surface area contributed by atoms with Gasteiger partial charge in [-0.3, -0.25) is 4.79 Å². The molecule has 122 valence electrons. The molecule has 0 heterocycles. The van der Waals surface area contributed by atoms with Crippen LogP contribution in [0.1, 0.15) is 34.5 Å². The van der Waals surface area contributed by atoms with Gasteiger partial charge in [-0.15, -0.1) is 0 Å². The molecule has 0 radical (unpaired) electrons. The molecule has 0 aromatic heterocycles. The Balaban J connectivity index is 1.93. The summed E-state index contributed by atoms with van der Waals surface area (Å²) in [7, 11) is 0. The topological polar surface area (TPSA) is 95.6 Å². The van der Waals surface area contributed by atoms with Gasteiger partial charge in [0.25, 0.3) is 5.91 Å². The highest BCUT2D eigenvalue weighted by molar-refractivity contribution is 5.95. The minimum atomic E-state index is -0.785. The number of aliphatic hydroxyl groups excluding tert-OH is 1. The van der Waals surface area contributed by atoms with Crippen LogP contribution in [0.25, 0.3) is 0 Å². The number of aliphatic hydroxyl groups is 1. The molecule has 2 unspecified atom stereocenters. The number of nitrogens with one attached hydrogen (secondary N) is 1. The van der Waals surface area contributed by atoms with Gasteiger partial charge >= 0.3 is 0 Å². The summed E-state index contributed by atoms with van der Waals surface area (Å²) in [5.74, 6) is -0.902. The van der Waals surface area contributed by atoms with E-state index in [0.29, 0.717) is 12.1 Å². The number of phenols is 1. The average molecular weight is 314 g/mol. The van der Waals surface area contributed by atoms with Crippen LogP contribution in [0.5, 0.6) is 5.75 Å². The Morgan fingerprint density at radius 1 is 1.22 bits per heavy atom. The molecular weight excluding hydrogens is 292 g/mol. The normalized spacial score (nSPS) is 13.5. The van der Waals surface area contributed by atoms with Crippen LogP contribution in [0, 0.1) is 0 Å². The largest absolute Gasteiger partial charge is 0.507 e. The van der Waals surface area contributed by atoms with Crippen LogP contribution in [0.2, 0.25) is 0 Å². The molecular formula is C18H22N2O3. The van der Waals surface area contributed by atoms with E-state index in [0.717, 1.165) is 6.42 Å². The third-order valence-corrected chi connectivity index (χ3v) is 3.72. The summed E-state index contributed by atoms with van der Waals surface area (Å²) >= 11 is 0. The van der Waals surface area contributed by atoms with Crippen molar-refractivity contribution in [1.29, 1.82) is 0 Å². The van der Waals surface area contributed by atoms with Gasteiger partial charge in [0.1, 0.15) is 5.75 Å². The molecule has 0 aliphatic carbocycles. The summed E-state index contributed by atoms with van der Waals surface area (Å²) in [4.78, 5) is 11.2. The highest BCUT2D eigenvalue weighted by Gasteiger charge is 2.14. The van der Waals surface area contributed by atoms with Crippen LogP contribution in [0.4, 0.5) is 0 Å². The molecule has 5 nitrogen and oxygen atoms in total. The van der Waals surface area contributed by atoms with Gasteiger partial charge in [-0.1, -0.05) is 36.4 Å². The first-order valence-corrected chi connectivity index (χ1v) is 7.55. The quantitative estimate of drug-likeness (QED) is 0.626. The number of carbonyl (C=O) groups excluding carboxylic acids is 1. The van der Waals surface area contributed by atoms with Gasteiger partial charge in [0.15, 0.2) is 0 Å². The Morgan fingerprint density at radius 3 is 2.57 bits per heavy atom. The fraction of sp³-hybridized carbons (Fsp3) is 0.278. The summed E-state index contributed by atoms with van der Waals surface area (Å²) in [5, 5.41) is 23.1. The Bertz CT molecular complexity index is 659. The summed E-state index contributed by atoms with van der Waals surface area (Å²) in [6.45, 7) is 2.39. The van der Waals surface area contributed by atoms with Crippen LogP contribution in [-0.4, -0.2) is 28.7 Å². The Labute approximate surface area is 135 Å². The van der Waals surface area contributed by atoms with Crippen molar-refractivity contribution in [2.24, 2.45) is 5.73 Å². The van der Waals surface area contributed by atoms with E-state index in [1.54, 1.807) is 6.07 Å². The predicted molar refractivity (Wildman–Crippen MR) is 89.2 cm³/mol. The lowest BCUT2D eigenvalue weighted by molar-refractivity contribution is 0.0997. The second kappa shape index (κ2) is 7.76. The van der Waals surface area contributed by atoms with E-state index in [2.05, 4.69) is 17.4 Å². The maximum atomic E-state index is 11.2. The number of rotatable bonds is 7. The van der Waals surface area contributed by atoms with Crippen molar-refractivity contribution >= 4 is 5.91 Å². The number of nitrogens with two attached hydrogens (primary N) is 1. The Kier molecular flexibility index (Phi) is 5.73. The SMILES string of the molecule is CC(Cc1ccccc1)NCC(O)c1ccc(O)c(C(N)=O)c1. The van der Waals surface area contributed by atoms with Crippen molar-refractivity contribution in [1.82, 2.24) is 5.32 Å². The second-order valence-corrected chi connectivity index (χ2v) is 5.66. The number of hydrogen-bond donors (Lipinski definition) is 4. The second-order valence-electron chi connectivity index (χ2n) is 5.66. The first-order valence-electron chi connectivity index (χ1n) is 7.55. The van der Waals surface area contributed by atoms with Gasteiger partial charge in [0.2, 0.25) is 0 Å². The zero-order valence-corrected chi connectivity index (χ0v) is 13.1. The highest BCUT2D eigenvalue weighted by Crippen LogP contribution is 2.22. The van der Waals surface area contributed by atoms with Crippen LogP contribution < -0.4 is 11.1 Å². The monoisotopic (exact) mass is 314 g/mol. The minimum absolute atomic E-state index is 0.0129. The molecule has 2 aromatic rings. The molecule has 0 bridgehead atoms. The third kappa shape index (κ3) is 4.81. The van der Waals surface area contributed by atoms with Crippen molar-refractivity contribution in [2.75, 3.05) is 6.54 Å². The highest BCUT2D eigenvalue weighted by atomic mass is 16.3. The van der Waals surface area contributed by atoms with Gasteiger partial charge in [0.05, 0.1) is 11.7 Å². The van der Waals surface area contributed by atoms with Gasteiger partial charge in [-0.05, 0) is 36.6 Å². The maximum Gasteiger partial charge on any atom is 0.252 e. The Hall–Kier alpha value is -2.37. The molecule has 0 saturated heterocycles. The summed E-state index contributed by atoms with van der Waals surface area (Å²) in [5.41, 5.74) is 6.97. The number of hydrogen-bond acceptors (Lipinski definition) is 4. The van der Waals surface area contributed by atoms with Gasteiger partial charge < -0.3 is 21.3 Å². The first kappa shape index (κ1) is 17.0. The third-order valence-electron chi connectivity index (χ3n) is 3.72. The zero-order valence-electron chi connectivity index (χ0n) is 13.1. The maximum absolute atomic E-state index is 11.2. The molecule has 0 aliphatic rings. The summed E-state index contributed by atoms with van der Waals surface area (Å²) in [6, 6.07) is 14.7. The van der Waals surface area contributed by atoms with Crippen molar-refractivity contribution in [2.45, 2.75) is 25.5 Å². The molecule has 0 spiro atoms. The first-order chi connectivity index (χ1) is 11.0. The van der Waals surface area contributed by atoms with E-state index < -0.39 is 12.0 Å². The zero-order chi connectivity index (χ0) is 16.8. The molecule has 23 heavy (non-hydrogen) atoms. The molecule has 0 aliphatic heterocycles. The smallest absolute Gasteiger partial charge is 0.252 e. The lowest BCUT2D eigenvalue weighted by Gasteiger charge is -2.18. The van der Waals surface area contributed by atoms with Crippen molar-refractivity contribution in [3.63, 3.8) is 0 Å². The van der Waals surface area contributed by atoms with Gasteiger partial charge in [0, 0.05) is 12.6 Å². The van der Waals surface area contributed by atoms with E-state index in [1.165, 1.54) is 17.7 Å². The average Bonchev–Trinajstić information content (AvgIpc) is 2.53. The van der Waals surface area contributed by atoms with Gasteiger partial charge in [-0.2, -0.15) is 0 Å². The molecule has 1 amide bonds. The van der Waals surface area contributed by atoms with E-state index in [4.69, 9.17) is 5.73 Å². The molecule has 2 rings (SSSR count). The molecule has 2 atom stereocenters.